The van der Waals surface area contributed by atoms with Crippen LogP contribution < -0.4 is 0 Å². The van der Waals surface area contributed by atoms with Gasteiger partial charge in [-0.15, -0.1) is 11.3 Å². The Bertz CT molecular complexity index is 2920. The summed E-state index contributed by atoms with van der Waals surface area (Å²) in [6.45, 7) is 2.16. The molecule has 0 atom stereocenters. The molecule has 0 N–H and O–H groups in total. The summed E-state index contributed by atoms with van der Waals surface area (Å²) in [4.78, 5) is 10.3. The van der Waals surface area contributed by atoms with Gasteiger partial charge in [0.05, 0.1) is 22.9 Å². The summed E-state index contributed by atoms with van der Waals surface area (Å²) < 4.78 is 2.64. The van der Waals surface area contributed by atoms with Gasteiger partial charge in [-0.25, -0.2) is 4.98 Å². The second-order valence-electron chi connectivity index (χ2n) is 13.1. The van der Waals surface area contributed by atoms with Gasteiger partial charge in [-0.2, -0.15) is 0 Å². The Morgan fingerprint density at radius 3 is 1.74 bits per heavy atom. The number of nitrogens with zero attached hydrogens (tertiary/aromatic N) is 2. The molecule has 0 aliphatic heterocycles. The molecule has 0 bridgehead atoms. The van der Waals surface area contributed by atoms with E-state index in [1.165, 1.54) is 64.3 Å². The molecule has 10 rings (SSSR count). The smallest absolute Gasteiger partial charge is 0.0979 e. The summed E-state index contributed by atoms with van der Waals surface area (Å²) in [5.41, 5.74) is 12.2. The second kappa shape index (κ2) is 11.5. The lowest BCUT2D eigenvalue weighted by molar-refractivity contribution is 1.31. The number of aromatic nitrogens is 2. The maximum absolute atomic E-state index is 5.29. The highest BCUT2D eigenvalue weighted by atomic mass is 32.1. The second-order valence-corrected chi connectivity index (χ2v) is 14.1. The van der Waals surface area contributed by atoms with Crippen LogP contribution in [0.2, 0.25) is 0 Å². The molecule has 0 aliphatic carbocycles. The van der Waals surface area contributed by atoms with Crippen LogP contribution in [-0.4, -0.2) is 9.97 Å². The summed E-state index contributed by atoms with van der Waals surface area (Å²) in [6, 6.07) is 57.1. The van der Waals surface area contributed by atoms with Gasteiger partial charge in [-0.05, 0) is 81.4 Å². The molecule has 0 fully saturated rings. The van der Waals surface area contributed by atoms with Gasteiger partial charge in [0.1, 0.15) is 0 Å². The van der Waals surface area contributed by atoms with Crippen molar-refractivity contribution in [2.45, 2.75) is 6.92 Å². The minimum Gasteiger partial charge on any atom is -0.252 e. The zero-order valence-electron chi connectivity index (χ0n) is 27.4. The van der Waals surface area contributed by atoms with Crippen molar-refractivity contribution in [1.29, 1.82) is 0 Å². The van der Waals surface area contributed by atoms with Gasteiger partial charge in [0.15, 0.2) is 0 Å². The average Bonchev–Trinajstić information content (AvgIpc) is 3.57. The summed E-state index contributed by atoms with van der Waals surface area (Å²) in [5.74, 6) is 0. The Kier molecular flexibility index (Phi) is 6.61. The molecule has 10 aromatic rings. The van der Waals surface area contributed by atoms with E-state index in [1.54, 1.807) is 0 Å². The predicted molar refractivity (Wildman–Crippen MR) is 214 cm³/mol. The van der Waals surface area contributed by atoms with Crippen LogP contribution in [-0.2, 0) is 0 Å². The fraction of sp³-hybridized carbons (Fsp3) is 0.0213. The number of rotatable bonds is 4. The Hall–Kier alpha value is -6.16. The van der Waals surface area contributed by atoms with Crippen LogP contribution in [0.25, 0.3) is 97.4 Å². The number of benzene rings is 8. The highest BCUT2D eigenvalue weighted by Crippen LogP contribution is 2.42. The fourth-order valence-corrected chi connectivity index (χ4v) is 8.77. The number of aryl methyl sites for hydroxylation is 1. The first-order chi connectivity index (χ1) is 24.7. The molecule has 0 radical (unpaired) electrons. The Morgan fingerprint density at radius 1 is 0.420 bits per heavy atom. The molecular weight excluding hydrogens is 625 g/mol. The van der Waals surface area contributed by atoms with E-state index in [1.807, 2.05) is 17.5 Å². The van der Waals surface area contributed by atoms with Gasteiger partial charge in [0, 0.05) is 36.5 Å². The summed E-state index contributed by atoms with van der Waals surface area (Å²) in [6.07, 6.45) is 1.93. The van der Waals surface area contributed by atoms with Gasteiger partial charge in [-0.3, -0.25) is 4.98 Å². The third kappa shape index (κ3) is 4.70. The molecule has 2 aromatic heterocycles. The fourth-order valence-electron chi connectivity index (χ4n) is 7.54. The summed E-state index contributed by atoms with van der Waals surface area (Å²) >= 11 is 1.88. The average molecular weight is 655 g/mol. The molecule has 0 amide bonds. The van der Waals surface area contributed by atoms with Crippen molar-refractivity contribution in [1.82, 2.24) is 9.97 Å². The van der Waals surface area contributed by atoms with Crippen LogP contribution in [0, 0.1) is 6.92 Å². The van der Waals surface area contributed by atoms with Gasteiger partial charge in [0.2, 0.25) is 0 Å². The van der Waals surface area contributed by atoms with Crippen molar-refractivity contribution < 1.29 is 0 Å². The van der Waals surface area contributed by atoms with Crippen LogP contribution in [0.5, 0.6) is 0 Å². The molecule has 0 saturated carbocycles. The molecule has 234 valence electrons. The van der Waals surface area contributed by atoms with Crippen molar-refractivity contribution in [3.05, 3.63) is 169 Å². The van der Waals surface area contributed by atoms with Crippen molar-refractivity contribution in [3.63, 3.8) is 0 Å². The van der Waals surface area contributed by atoms with E-state index < -0.39 is 0 Å². The van der Waals surface area contributed by atoms with Gasteiger partial charge in [-0.1, -0.05) is 133 Å². The zero-order chi connectivity index (χ0) is 33.2. The van der Waals surface area contributed by atoms with Crippen LogP contribution in [0.15, 0.2) is 164 Å². The molecule has 0 aliphatic rings. The normalized spacial score (nSPS) is 11.7. The van der Waals surface area contributed by atoms with E-state index in [2.05, 4.69) is 165 Å². The lowest BCUT2D eigenvalue weighted by Gasteiger charge is -2.14. The third-order valence-electron chi connectivity index (χ3n) is 9.92. The maximum Gasteiger partial charge on any atom is 0.0979 e. The SMILES string of the molecule is Cc1cccc(-c2cc(-c3cccc(-c4cnc5c6ccccc6c6ccccc6c5n4)c3)cc(-c3cccc4c3sc3ccccc34)c2)c1. The Morgan fingerprint density at radius 2 is 0.980 bits per heavy atom. The zero-order valence-corrected chi connectivity index (χ0v) is 28.2. The first-order valence-corrected chi connectivity index (χ1v) is 17.8. The number of thiophene rings is 1. The quantitative estimate of drug-likeness (QED) is 0.177. The highest BCUT2D eigenvalue weighted by Gasteiger charge is 2.15. The van der Waals surface area contributed by atoms with Crippen LogP contribution >= 0.6 is 11.3 Å². The largest absolute Gasteiger partial charge is 0.252 e. The molecule has 0 spiro atoms. The number of hydrogen-bond donors (Lipinski definition) is 0. The molecule has 8 aromatic carbocycles. The van der Waals surface area contributed by atoms with Crippen LogP contribution in [0.4, 0.5) is 0 Å². The minimum absolute atomic E-state index is 0.866. The molecule has 2 nitrogen and oxygen atoms in total. The van der Waals surface area contributed by atoms with Crippen molar-refractivity contribution in [2.24, 2.45) is 0 Å². The van der Waals surface area contributed by atoms with Crippen molar-refractivity contribution in [2.75, 3.05) is 0 Å². The van der Waals surface area contributed by atoms with E-state index in [0.717, 1.165) is 38.6 Å². The molecule has 0 saturated heterocycles. The van der Waals surface area contributed by atoms with E-state index in [4.69, 9.17) is 9.97 Å². The monoisotopic (exact) mass is 654 g/mol. The molecule has 50 heavy (non-hydrogen) atoms. The topological polar surface area (TPSA) is 25.8 Å². The van der Waals surface area contributed by atoms with E-state index in [0.29, 0.717) is 0 Å². The van der Waals surface area contributed by atoms with E-state index in [-0.39, 0.29) is 0 Å². The first-order valence-electron chi connectivity index (χ1n) is 17.0. The lowest BCUT2D eigenvalue weighted by atomic mass is 9.92. The van der Waals surface area contributed by atoms with E-state index in [9.17, 15) is 0 Å². The highest BCUT2D eigenvalue weighted by molar-refractivity contribution is 7.26. The number of fused-ring (bicyclic) bond motifs is 9. The van der Waals surface area contributed by atoms with Crippen molar-refractivity contribution >= 4 is 64.1 Å². The van der Waals surface area contributed by atoms with E-state index >= 15 is 0 Å². The first kappa shape index (κ1) is 28.8. The lowest BCUT2D eigenvalue weighted by Crippen LogP contribution is -1.92. The van der Waals surface area contributed by atoms with Crippen molar-refractivity contribution in [3.8, 4) is 44.6 Å². The predicted octanol–water partition coefficient (Wildman–Crippen LogP) is 13.3. The standard InChI is InChI=1S/C47H30N2S/c1-29-11-8-12-30(23-29)33-25-34(27-35(26-33)36-20-10-21-42-39-17-6-7-22-44(39)50-47(36)42)31-13-9-14-32(24-31)43-28-48-45-40-18-4-2-15-37(40)38-16-3-5-19-41(38)46(45)49-43/h2-28H,1H3. The minimum atomic E-state index is 0.866. The van der Waals surface area contributed by atoms with Crippen LogP contribution in [0.3, 0.4) is 0 Å². The van der Waals surface area contributed by atoms with Crippen LogP contribution in [0.1, 0.15) is 5.56 Å². The molecular formula is C47H30N2S. The molecule has 0 unspecified atom stereocenters. The maximum atomic E-state index is 5.29. The van der Waals surface area contributed by atoms with Gasteiger partial charge < -0.3 is 0 Å². The molecule has 2 heterocycles. The Labute approximate surface area is 294 Å². The Balaban J connectivity index is 1.16. The van der Waals surface area contributed by atoms with Gasteiger partial charge >= 0.3 is 0 Å². The molecule has 3 heteroatoms. The summed E-state index contributed by atoms with van der Waals surface area (Å²) in [7, 11) is 0. The number of hydrogen-bond acceptors (Lipinski definition) is 3. The third-order valence-corrected chi connectivity index (χ3v) is 11.1. The summed E-state index contributed by atoms with van der Waals surface area (Å²) in [5, 5.41) is 7.28. The van der Waals surface area contributed by atoms with Gasteiger partial charge in [0.25, 0.3) is 0 Å².